The summed E-state index contributed by atoms with van der Waals surface area (Å²) in [4.78, 5) is 32.8. The van der Waals surface area contributed by atoms with E-state index in [1.807, 2.05) is 17.5 Å². The zero-order valence-corrected chi connectivity index (χ0v) is 19.4. The van der Waals surface area contributed by atoms with Crippen LogP contribution in [0.4, 0.5) is 0 Å². The van der Waals surface area contributed by atoms with Crippen molar-refractivity contribution in [2.24, 2.45) is 0 Å². The average Bonchev–Trinajstić information content (AvgIpc) is 3.60. The van der Waals surface area contributed by atoms with Crippen molar-refractivity contribution >= 4 is 40.0 Å². The van der Waals surface area contributed by atoms with Gasteiger partial charge in [-0.1, -0.05) is 17.8 Å². The Morgan fingerprint density at radius 1 is 1.36 bits per heavy atom. The molecule has 1 atom stereocenters. The van der Waals surface area contributed by atoms with Crippen molar-refractivity contribution in [2.45, 2.75) is 36.4 Å². The quantitative estimate of drug-likeness (QED) is 0.314. The van der Waals surface area contributed by atoms with E-state index in [1.165, 1.54) is 18.9 Å². The first kappa shape index (κ1) is 21.8. The number of hydrogen-bond acceptors (Lipinski definition) is 9. The lowest BCUT2D eigenvalue weighted by Gasteiger charge is -2.14. The van der Waals surface area contributed by atoms with E-state index < -0.39 is 5.97 Å². The maximum Gasteiger partial charge on any atom is 0.337 e. The van der Waals surface area contributed by atoms with Gasteiger partial charge >= 0.3 is 5.97 Å². The van der Waals surface area contributed by atoms with Crippen LogP contribution in [0.15, 0.2) is 45.7 Å². The second-order valence-electron chi connectivity index (χ2n) is 7.55. The zero-order valence-electron chi connectivity index (χ0n) is 17.8. The summed E-state index contributed by atoms with van der Waals surface area (Å²) in [5, 5.41) is 12.0. The molecular formula is C22H21N5O4S2. The number of esters is 1. The standard InChI is InChI=1S/C22H21N5O4S2/c1-30-21(29)13-6-7-15-16(10-13)23-18(24-20(15)28)12-33-22-26-25-19(17-5-3-9-32-17)27(22)11-14-4-2-8-31-14/h3,5-7,9-10,14H,2,4,8,11-12H2,1H3,(H,23,24,28)/t14-/m0/s1. The van der Waals surface area contributed by atoms with Crippen molar-refractivity contribution in [2.75, 3.05) is 13.7 Å². The van der Waals surface area contributed by atoms with E-state index in [4.69, 9.17) is 9.47 Å². The number of thiophene rings is 1. The van der Waals surface area contributed by atoms with Gasteiger partial charge in [0.1, 0.15) is 5.82 Å². The van der Waals surface area contributed by atoms with Gasteiger partial charge < -0.3 is 14.5 Å². The molecule has 33 heavy (non-hydrogen) atoms. The molecule has 0 unspecified atom stereocenters. The molecule has 11 heteroatoms. The summed E-state index contributed by atoms with van der Waals surface area (Å²) in [6.45, 7) is 1.45. The number of fused-ring (bicyclic) bond motifs is 1. The Hall–Kier alpha value is -3.02. The van der Waals surface area contributed by atoms with Gasteiger partial charge in [0.15, 0.2) is 11.0 Å². The number of nitrogens with one attached hydrogen (secondary N) is 1. The molecule has 5 rings (SSSR count). The van der Waals surface area contributed by atoms with Gasteiger partial charge in [0.25, 0.3) is 5.56 Å². The molecule has 1 N–H and O–H groups in total. The normalized spacial score (nSPS) is 15.8. The molecule has 1 aromatic carbocycles. The van der Waals surface area contributed by atoms with Gasteiger partial charge in [0.05, 0.1) is 46.9 Å². The number of carbonyl (C=O) groups is 1. The van der Waals surface area contributed by atoms with Gasteiger partial charge in [-0.3, -0.25) is 9.36 Å². The highest BCUT2D eigenvalue weighted by molar-refractivity contribution is 7.98. The van der Waals surface area contributed by atoms with Crippen molar-refractivity contribution in [3.8, 4) is 10.7 Å². The minimum atomic E-state index is -0.474. The first-order chi connectivity index (χ1) is 16.1. The van der Waals surface area contributed by atoms with Crippen molar-refractivity contribution in [1.82, 2.24) is 24.7 Å². The fourth-order valence-electron chi connectivity index (χ4n) is 3.77. The second-order valence-corrected chi connectivity index (χ2v) is 9.44. The van der Waals surface area contributed by atoms with E-state index in [0.717, 1.165) is 35.3 Å². The van der Waals surface area contributed by atoms with E-state index in [0.29, 0.717) is 34.6 Å². The first-order valence-corrected chi connectivity index (χ1v) is 12.3. The van der Waals surface area contributed by atoms with Gasteiger partial charge in [-0.05, 0) is 42.5 Å². The highest BCUT2D eigenvalue weighted by Gasteiger charge is 2.22. The van der Waals surface area contributed by atoms with Crippen LogP contribution < -0.4 is 5.56 Å². The fraction of sp³-hybridized carbons (Fsp3) is 0.318. The molecule has 3 aromatic heterocycles. The Balaban J connectivity index is 1.42. The van der Waals surface area contributed by atoms with Crippen molar-refractivity contribution in [3.63, 3.8) is 0 Å². The third-order valence-electron chi connectivity index (χ3n) is 5.38. The summed E-state index contributed by atoms with van der Waals surface area (Å²) in [6.07, 6.45) is 2.20. The van der Waals surface area contributed by atoms with Crippen LogP contribution >= 0.6 is 23.1 Å². The lowest BCUT2D eigenvalue weighted by molar-refractivity contribution is 0.0601. The van der Waals surface area contributed by atoms with Crippen LogP contribution in [0.5, 0.6) is 0 Å². The summed E-state index contributed by atoms with van der Waals surface area (Å²) in [5.74, 6) is 1.22. The Morgan fingerprint density at radius 2 is 2.27 bits per heavy atom. The first-order valence-electron chi connectivity index (χ1n) is 10.4. The summed E-state index contributed by atoms with van der Waals surface area (Å²) < 4.78 is 12.7. The van der Waals surface area contributed by atoms with Crippen LogP contribution in [0.1, 0.15) is 29.0 Å². The van der Waals surface area contributed by atoms with E-state index >= 15 is 0 Å². The molecule has 0 spiro atoms. The van der Waals surface area contributed by atoms with Crippen LogP contribution in [-0.4, -0.2) is 50.5 Å². The molecule has 1 aliphatic rings. The largest absolute Gasteiger partial charge is 0.465 e. The number of aromatic amines is 1. The number of thioether (sulfide) groups is 1. The Bertz CT molecular complexity index is 1340. The smallest absolute Gasteiger partial charge is 0.337 e. The monoisotopic (exact) mass is 483 g/mol. The highest BCUT2D eigenvalue weighted by Crippen LogP contribution is 2.30. The maximum atomic E-state index is 12.5. The molecule has 1 aliphatic heterocycles. The molecule has 0 bridgehead atoms. The number of nitrogens with zero attached hydrogens (tertiary/aromatic N) is 4. The predicted molar refractivity (Wildman–Crippen MR) is 126 cm³/mol. The Labute approximate surface area is 197 Å². The van der Waals surface area contributed by atoms with E-state index in [2.05, 4.69) is 24.7 Å². The number of hydrogen-bond donors (Lipinski definition) is 1. The number of ether oxygens (including phenoxy) is 2. The predicted octanol–water partition coefficient (Wildman–Crippen LogP) is 3.50. The summed E-state index contributed by atoms with van der Waals surface area (Å²) in [7, 11) is 1.32. The van der Waals surface area contributed by atoms with Crippen molar-refractivity contribution in [1.29, 1.82) is 0 Å². The topological polar surface area (TPSA) is 112 Å². The van der Waals surface area contributed by atoms with Gasteiger partial charge in [0.2, 0.25) is 0 Å². The molecule has 9 nitrogen and oxygen atoms in total. The molecule has 170 valence electrons. The number of methoxy groups -OCH3 is 1. The lowest BCUT2D eigenvalue weighted by atomic mass is 10.1. The van der Waals surface area contributed by atoms with Crippen molar-refractivity contribution in [3.05, 3.63) is 57.5 Å². The molecule has 0 amide bonds. The minimum Gasteiger partial charge on any atom is -0.465 e. The number of aromatic nitrogens is 5. The minimum absolute atomic E-state index is 0.134. The van der Waals surface area contributed by atoms with E-state index in [1.54, 1.807) is 29.5 Å². The lowest BCUT2D eigenvalue weighted by Crippen LogP contribution is -2.16. The van der Waals surface area contributed by atoms with Gasteiger partial charge in [-0.2, -0.15) is 0 Å². The number of H-pyrrole nitrogens is 1. The molecule has 1 fully saturated rings. The van der Waals surface area contributed by atoms with Crippen LogP contribution in [0.3, 0.4) is 0 Å². The molecular weight excluding hydrogens is 462 g/mol. The SMILES string of the molecule is COC(=O)c1ccc2c(=O)[nH]c(CSc3nnc(-c4cccs4)n3C[C@@H]3CCCO3)nc2c1. The van der Waals surface area contributed by atoms with E-state index in [9.17, 15) is 9.59 Å². The van der Waals surface area contributed by atoms with Gasteiger partial charge in [0, 0.05) is 6.61 Å². The van der Waals surface area contributed by atoms with Crippen LogP contribution in [0, 0.1) is 0 Å². The second kappa shape index (κ2) is 9.46. The van der Waals surface area contributed by atoms with E-state index in [-0.39, 0.29) is 11.7 Å². The Morgan fingerprint density at radius 3 is 3.03 bits per heavy atom. The average molecular weight is 484 g/mol. The summed E-state index contributed by atoms with van der Waals surface area (Å²) >= 11 is 3.06. The van der Waals surface area contributed by atoms with Gasteiger partial charge in [-0.15, -0.1) is 21.5 Å². The number of rotatable bonds is 7. The van der Waals surface area contributed by atoms with Crippen LogP contribution in [0.25, 0.3) is 21.6 Å². The molecule has 4 aromatic rings. The zero-order chi connectivity index (χ0) is 22.8. The molecule has 1 saturated heterocycles. The molecule has 4 heterocycles. The maximum absolute atomic E-state index is 12.5. The summed E-state index contributed by atoms with van der Waals surface area (Å²) in [6, 6.07) is 8.72. The molecule has 0 aliphatic carbocycles. The third-order valence-corrected chi connectivity index (χ3v) is 7.23. The Kier molecular flexibility index (Phi) is 6.25. The van der Waals surface area contributed by atoms with Crippen molar-refractivity contribution < 1.29 is 14.3 Å². The fourth-order valence-corrected chi connectivity index (χ4v) is 5.31. The van der Waals surface area contributed by atoms with Crippen LogP contribution in [-0.2, 0) is 21.8 Å². The molecule has 0 radical (unpaired) electrons. The molecule has 0 saturated carbocycles. The number of benzene rings is 1. The van der Waals surface area contributed by atoms with Crippen LogP contribution in [0.2, 0.25) is 0 Å². The third kappa shape index (κ3) is 4.56. The number of carbonyl (C=O) groups excluding carboxylic acids is 1. The summed E-state index contributed by atoms with van der Waals surface area (Å²) in [5.41, 5.74) is 0.531. The van der Waals surface area contributed by atoms with Gasteiger partial charge in [-0.25, -0.2) is 9.78 Å². The highest BCUT2D eigenvalue weighted by atomic mass is 32.2.